The molecule has 0 fully saturated rings. The predicted molar refractivity (Wildman–Crippen MR) is 112 cm³/mol. The molecule has 0 saturated heterocycles. The molecule has 1 heterocycles. The van der Waals surface area contributed by atoms with Gasteiger partial charge in [0, 0.05) is 31.9 Å². The van der Waals surface area contributed by atoms with Crippen LogP contribution in [0, 0.1) is 0 Å². The van der Waals surface area contributed by atoms with Gasteiger partial charge in [0.05, 0.1) is 6.20 Å². The summed E-state index contributed by atoms with van der Waals surface area (Å²) in [5.41, 5.74) is 1.83. The van der Waals surface area contributed by atoms with Gasteiger partial charge < -0.3 is 20.3 Å². The quantitative estimate of drug-likeness (QED) is 0.650. The van der Waals surface area contributed by atoms with Crippen LogP contribution >= 0.6 is 24.8 Å². The summed E-state index contributed by atoms with van der Waals surface area (Å²) in [7, 11) is 7.61. The van der Waals surface area contributed by atoms with E-state index in [0.29, 0.717) is 13.2 Å². The van der Waals surface area contributed by atoms with Crippen LogP contribution < -0.4 is 15.4 Å². The summed E-state index contributed by atoms with van der Waals surface area (Å²) < 4.78 is 7.41. The molecule has 152 valence electrons. The number of rotatable bonds is 9. The number of likely N-dealkylation sites (N-methyl/N-ethyl adjacent to an activating group) is 2. The largest absolute Gasteiger partial charge is 0.492 e. The normalized spacial score (nSPS) is 11.3. The molecule has 0 aliphatic heterocycles. The molecular weight excluding hydrogens is 389 g/mol. The number of halogens is 2. The lowest BCUT2D eigenvalue weighted by Gasteiger charge is -2.15. The van der Waals surface area contributed by atoms with E-state index in [2.05, 4.69) is 20.6 Å². The van der Waals surface area contributed by atoms with Gasteiger partial charge in [0.2, 0.25) is 5.91 Å². The van der Waals surface area contributed by atoms with E-state index in [-0.39, 0.29) is 30.7 Å². The van der Waals surface area contributed by atoms with E-state index in [1.54, 1.807) is 17.9 Å². The number of aryl methyl sites for hydroxylation is 1. The van der Waals surface area contributed by atoms with E-state index in [9.17, 15) is 4.79 Å². The zero-order chi connectivity index (χ0) is 18.2. The second-order valence-corrected chi connectivity index (χ2v) is 6.19. The summed E-state index contributed by atoms with van der Waals surface area (Å²) in [4.78, 5) is 14.5. The predicted octanol–water partition coefficient (Wildman–Crippen LogP) is 1.78. The average molecular weight is 418 g/mol. The average Bonchev–Trinajstić information content (AvgIpc) is 3.00. The number of benzene rings is 1. The Morgan fingerprint density at radius 1 is 1.33 bits per heavy atom. The fourth-order valence-corrected chi connectivity index (χ4v) is 2.42. The molecule has 1 atom stereocenters. The number of hydrogen-bond donors (Lipinski definition) is 2. The molecule has 2 aromatic rings. The van der Waals surface area contributed by atoms with Crippen molar-refractivity contribution in [3.05, 3.63) is 47.8 Å². The van der Waals surface area contributed by atoms with E-state index in [0.717, 1.165) is 23.4 Å². The highest BCUT2D eigenvalue weighted by atomic mass is 35.5. The molecule has 2 N–H and O–H groups in total. The van der Waals surface area contributed by atoms with Gasteiger partial charge in [-0.25, -0.2) is 0 Å². The Hall–Kier alpha value is -1.80. The Balaban J connectivity index is 0.00000338. The van der Waals surface area contributed by atoms with Crippen molar-refractivity contribution < 1.29 is 9.53 Å². The first kappa shape index (κ1) is 25.2. The molecule has 1 aromatic carbocycles. The van der Waals surface area contributed by atoms with Gasteiger partial charge >= 0.3 is 0 Å². The minimum absolute atomic E-state index is 0. The molecule has 0 aliphatic rings. The summed E-state index contributed by atoms with van der Waals surface area (Å²) >= 11 is 0. The maximum Gasteiger partial charge on any atom is 0.242 e. The second kappa shape index (κ2) is 12.6. The number of hydrogen-bond acceptors (Lipinski definition) is 5. The number of amides is 1. The smallest absolute Gasteiger partial charge is 0.242 e. The monoisotopic (exact) mass is 417 g/mol. The zero-order valence-electron chi connectivity index (χ0n) is 16.1. The van der Waals surface area contributed by atoms with Gasteiger partial charge in [0.15, 0.2) is 0 Å². The molecule has 7 nitrogen and oxygen atoms in total. The molecule has 2 rings (SSSR count). The lowest BCUT2D eigenvalue weighted by Crippen LogP contribution is -2.35. The molecule has 27 heavy (non-hydrogen) atoms. The molecule has 1 amide bonds. The first-order chi connectivity index (χ1) is 12.0. The molecule has 0 bridgehead atoms. The summed E-state index contributed by atoms with van der Waals surface area (Å²) in [6.45, 7) is 1.93. The van der Waals surface area contributed by atoms with Gasteiger partial charge in [0.25, 0.3) is 0 Å². The third-order valence-electron chi connectivity index (χ3n) is 3.78. The minimum Gasteiger partial charge on any atom is -0.492 e. The van der Waals surface area contributed by atoms with Crippen LogP contribution in [0.25, 0.3) is 0 Å². The lowest BCUT2D eigenvalue weighted by atomic mass is 10.1. The SMILES string of the molecule is CNC(C(=O)NCc1cccc(OCCN(C)C)c1)c1cnn(C)c1.Cl.Cl. The number of carbonyl (C=O) groups is 1. The molecule has 9 heteroatoms. The van der Waals surface area contributed by atoms with Crippen molar-refractivity contribution >= 4 is 30.7 Å². The molecule has 0 aliphatic carbocycles. The maximum atomic E-state index is 12.4. The number of ether oxygens (including phenoxy) is 1. The summed E-state index contributed by atoms with van der Waals surface area (Å²) in [6.07, 6.45) is 3.53. The standard InChI is InChI=1S/C18H27N5O2.2ClH/c1-19-17(15-12-21-23(4)13-15)18(24)20-11-14-6-5-7-16(10-14)25-9-8-22(2)3;;/h5-7,10,12-13,17,19H,8-9,11H2,1-4H3,(H,20,24);2*1H. The van der Waals surface area contributed by atoms with Crippen molar-refractivity contribution in [3.8, 4) is 5.75 Å². The Bertz CT molecular complexity index is 694. The fraction of sp³-hybridized carbons (Fsp3) is 0.444. The summed E-state index contributed by atoms with van der Waals surface area (Å²) in [5.74, 6) is 0.723. The first-order valence-corrected chi connectivity index (χ1v) is 8.29. The molecule has 1 aromatic heterocycles. The van der Waals surface area contributed by atoms with Gasteiger partial charge in [-0.1, -0.05) is 12.1 Å². The topological polar surface area (TPSA) is 71.4 Å². The van der Waals surface area contributed by atoms with Crippen LogP contribution in [0.2, 0.25) is 0 Å². The van der Waals surface area contributed by atoms with Crippen LogP contribution in [0.1, 0.15) is 17.2 Å². The number of nitrogens with zero attached hydrogens (tertiary/aromatic N) is 3. The molecule has 1 unspecified atom stereocenters. The fourth-order valence-electron chi connectivity index (χ4n) is 2.42. The van der Waals surface area contributed by atoms with Crippen LogP contribution in [0.5, 0.6) is 5.75 Å². The highest BCUT2D eigenvalue weighted by molar-refractivity contribution is 5.85. The molecular formula is C18H29Cl2N5O2. The molecule has 0 spiro atoms. The van der Waals surface area contributed by atoms with E-state index >= 15 is 0 Å². The van der Waals surface area contributed by atoms with Crippen molar-refractivity contribution in [1.82, 2.24) is 25.3 Å². The van der Waals surface area contributed by atoms with Gasteiger partial charge in [-0.05, 0) is 38.8 Å². The van der Waals surface area contributed by atoms with E-state index in [1.807, 2.05) is 51.6 Å². The van der Waals surface area contributed by atoms with Crippen molar-refractivity contribution in [3.63, 3.8) is 0 Å². The Morgan fingerprint density at radius 2 is 2.07 bits per heavy atom. The third kappa shape index (κ3) is 8.17. The maximum absolute atomic E-state index is 12.4. The highest BCUT2D eigenvalue weighted by Gasteiger charge is 2.19. The second-order valence-electron chi connectivity index (χ2n) is 6.19. The number of aromatic nitrogens is 2. The lowest BCUT2D eigenvalue weighted by molar-refractivity contribution is -0.123. The first-order valence-electron chi connectivity index (χ1n) is 8.29. The van der Waals surface area contributed by atoms with Crippen LogP contribution in [0.4, 0.5) is 0 Å². The Kier molecular flexibility index (Phi) is 11.7. The highest BCUT2D eigenvalue weighted by Crippen LogP contribution is 2.15. The zero-order valence-corrected chi connectivity index (χ0v) is 17.8. The van der Waals surface area contributed by atoms with Gasteiger partial charge in [0.1, 0.15) is 18.4 Å². The van der Waals surface area contributed by atoms with Gasteiger partial charge in [-0.2, -0.15) is 5.10 Å². The van der Waals surface area contributed by atoms with Crippen molar-refractivity contribution in [2.45, 2.75) is 12.6 Å². The molecule has 0 radical (unpaired) electrons. The number of carbonyl (C=O) groups excluding carboxylic acids is 1. The van der Waals surface area contributed by atoms with E-state index in [4.69, 9.17) is 4.74 Å². The van der Waals surface area contributed by atoms with Crippen molar-refractivity contribution in [2.24, 2.45) is 7.05 Å². The van der Waals surface area contributed by atoms with Crippen LogP contribution in [-0.2, 0) is 18.4 Å². The summed E-state index contributed by atoms with van der Waals surface area (Å²) in [5, 5.41) is 10.1. The molecule has 0 saturated carbocycles. The number of nitrogens with one attached hydrogen (secondary N) is 2. The summed E-state index contributed by atoms with van der Waals surface area (Å²) in [6, 6.07) is 7.36. The Morgan fingerprint density at radius 3 is 2.67 bits per heavy atom. The van der Waals surface area contributed by atoms with Crippen LogP contribution in [0.15, 0.2) is 36.7 Å². The van der Waals surface area contributed by atoms with Gasteiger partial charge in [-0.3, -0.25) is 9.48 Å². The van der Waals surface area contributed by atoms with E-state index in [1.165, 1.54) is 0 Å². The van der Waals surface area contributed by atoms with Crippen LogP contribution in [-0.4, -0.2) is 54.9 Å². The Labute approximate surface area is 173 Å². The minimum atomic E-state index is -0.423. The van der Waals surface area contributed by atoms with E-state index < -0.39 is 6.04 Å². The van der Waals surface area contributed by atoms with Gasteiger partial charge in [-0.15, -0.1) is 24.8 Å². The van der Waals surface area contributed by atoms with Crippen molar-refractivity contribution in [2.75, 3.05) is 34.3 Å². The van der Waals surface area contributed by atoms with Crippen molar-refractivity contribution in [1.29, 1.82) is 0 Å². The third-order valence-corrected chi connectivity index (χ3v) is 3.78. The van der Waals surface area contributed by atoms with Crippen LogP contribution in [0.3, 0.4) is 0 Å².